The zero-order valence-corrected chi connectivity index (χ0v) is 14.1. The summed E-state index contributed by atoms with van der Waals surface area (Å²) in [7, 11) is 0. The SMILES string of the molecule is CCC(CC)C(=O)N1CCC(NC(=O)c2ccc(C(=O)O)o2)CC1. The molecule has 132 valence electrons. The van der Waals surface area contributed by atoms with E-state index in [0.29, 0.717) is 25.9 Å². The lowest BCUT2D eigenvalue weighted by Crippen LogP contribution is -2.48. The molecule has 2 rings (SSSR count). The highest BCUT2D eigenvalue weighted by Gasteiger charge is 2.27. The number of piperidine rings is 1. The van der Waals surface area contributed by atoms with Crippen LogP contribution in [0.1, 0.15) is 60.6 Å². The molecule has 0 radical (unpaired) electrons. The lowest BCUT2D eigenvalue weighted by atomic mass is 9.98. The molecule has 2 N–H and O–H groups in total. The van der Waals surface area contributed by atoms with E-state index in [1.165, 1.54) is 12.1 Å². The molecule has 0 spiro atoms. The zero-order valence-electron chi connectivity index (χ0n) is 14.1. The van der Waals surface area contributed by atoms with Gasteiger partial charge in [0, 0.05) is 25.0 Å². The molecule has 0 bridgehead atoms. The quantitative estimate of drug-likeness (QED) is 0.829. The predicted molar refractivity (Wildman–Crippen MR) is 86.8 cm³/mol. The molecule has 7 heteroatoms. The van der Waals surface area contributed by atoms with Crippen molar-refractivity contribution in [3.63, 3.8) is 0 Å². The zero-order chi connectivity index (χ0) is 17.7. The Morgan fingerprint density at radius 1 is 1.21 bits per heavy atom. The van der Waals surface area contributed by atoms with E-state index in [1.807, 2.05) is 18.7 Å². The number of amides is 2. The van der Waals surface area contributed by atoms with E-state index in [4.69, 9.17) is 9.52 Å². The largest absolute Gasteiger partial charge is 0.475 e. The third-order valence-electron chi connectivity index (χ3n) is 4.52. The molecule has 0 unspecified atom stereocenters. The second-order valence-corrected chi connectivity index (χ2v) is 6.06. The molecule has 7 nitrogen and oxygen atoms in total. The van der Waals surface area contributed by atoms with Crippen LogP contribution in [0.5, 0.6) is 0 Å². The van der Waals surface area contributed by atoms with Crippen LogP contribution >= 0.6 is 0 Å². The lowest BCUT2D eigenvalue weighted by Gasteiger charge is -2.34. The Labute approximate surface area is 141 Å². The molecule has 0 saturated carbocycles. The van der Waals surface area contributed by atoms with E-state index >= 15 is 0 Å². The highest BCUT2D eigenvalue weighted by molar-refractivity contribution is 5.93. The first-order valence-electron chi connectivity index (χ1n) is 8.39. The molecule has 1 aliphatic heterocycles. The minimum absolute atomic E-state index is 0.0112. The van der Waals surface area contributed by atoms with Crippen molar-refractivity contribution < 1.29 is 23.9 Å². The smallest absolute Gasteiger partial charge is 0.371 e. The maximum Gasteiger partial charge on any atom is 0.371 e. The molecule has 0 aromatic carbocycles. The standard InChI is InChI=1S/C17H24N2O5/c1-3-11(4-2)16(21)19-9-7-12(8-10-19)18-15(20)13-5-6-14(24-13)17(22)23/h5-6,11-12H,3-4,7-10H2,1-2H3,(H,18,20)(H,22,23). The Balaban J connectivity index is 1.85. The average molecular weight is 336 g/mol. The van der Waals surface area contributed by atoms with Crippen molar-refractivity contribution in [1.29, 1.82) is 0 Å². The molecular formula is C17H24N2O5. The first kappa shape index (κ1) is 18.0. The van der Waals surface area contributed by atoms with Gasteiger partial charge in [0.15, 0.2) is 5.76 Å². The summed E-state index contributed by atoms with van der Waals surface area (Å²) in [6.07, 6.45) is 3.06. The number of carbonyl (C=O) groups excluding carboxylic acids is 2. The summed E-state index contributed by atoms with van der Waals surface area (Å²) in [5.74, 6) is -1.63. The lowest BCUT2D eigenvalue weighted by molar-refractivity contribution is -0.136. The Hall–Kier alpha value is -2.31. The Bertz CT molecular complexity index is 598. The van der Waals surface area contributed by atoms with Gasteiger partial charge in [-0.3, -0.25) is 9.59 Å². The van der Waals surface area contributed by atoms with Crippen LogP contribution in [0.3, 0.4) is 0 Å². The van der Waals surface area contributed by atoms with Gasteiger partial charge in [-0.15, -0.1) is 0 Å². The van der Waals surface area contributed by atoms with Crippen molar-refractivity contribution in [1.82, 2.24) is 10.2 Å². The van der Waals surface area contributed by atoms with Crippen molar-refractivity contribution in [2.45, 2.75) is 45.6 Å². The van der Waals surface area contributed by atoms with Gasteiger partial charge in [-0.2, -0.15) is 0 Å². The van der Waals surface area contributed by atoms with Gasteiger partial charge in [0.2, 0.25) is 11.7 Å². The second kappa shape index (κ2) is 7.99. The van der Waals surface area contributed by atoms with Crippen LogP contribution in [-0.2, 0) is 4.79 Å². The van der Waals surface area contributed by atoms with E-state index in [2.05, 4.69) is 5.32 Å². The van der Waals surface area contributed by atoms with Crippen molar-refractivity contribution in [2.75, 3.05) is 13.1 Å². The van der Waals surface area contributed by atoms with Gasteiger partial charge >= 0.3 is 5.97 Å². The predicted octanol–water partition coefficient (Wildman–Crippen LogP) is 2.13. The molecule has 0 atom stereocenters. The highest BCUT2D eigenvalue weighted by atomic mass is 16.4. The van der Waals surface area contributed by atoms with Gasteiger partial charge in [-0.25, -0.2) is 4.79 Å². The molecule has 0 aliphatic carbocycles. The number of hydrogen-bond donors (Lipinski definition) is 2. The molecule has 2 heterocycles. The summed E-state index contributed by atoms with van der Waals surface area (Å²) < 4.78 is 4.99. The van der Waals surface area contributed by atoms with Crippen molar-refractivity contribution >= 4 is 17.8 Å². The van der Waals surface area contributed by atoms with E-state index in [-0.39, 0.29) is 29.4 Å². The number of rotatable bonds is 6. The monoisotopic (exact) mass is 336 g/mol. The summed E-state index contributed by atoms with van der Waals surface area (Å²) in [6.45, 7) is 5.29. The summed E-state index contributed by atoms with van der Waals surface area (Å²) in [4.78, 5) is 37.1. The van der Waals surface area contributed by atoms with Gasteiger partial charge < -0.3 is 19.7 Å². The van der Waals surface area contributed by atoms with Crippen LogP contribution in [0, 0.1) is 5.92 Å². The minimum atomic E-state index is -1.21. The molecule has 1 fully saturated rings. The second-order valence-electron chi connectivity index (χ2n) is 6.06. The molecular weight excluding hydrogens is 312 g/mol. The number of likely N-dealkylation sites (tertiary alicyclic amines) is 1. The fourth-order valence-corrected chi connectivity index (χ4v) is 2.97. The molecule has 1 aromatic heterocycles. The average Bonchev–Trinajstić information content (AvgIpc) is 3.07. The Morgan fingerprint density at radius 2 is 1.79 bits per heavy atom. The van der Waals surface area contributed by atoms with Gasteiger partial charge in [-0.1, -0.05) is 13.8 Å². The number of furan rings is 1. The van der Waals surface area contributed by atoms with Crippen LogP contribution in [0.4, 0.5) is 0 Å². The van der Waals surface area contributed by atoms with Crippen molar-refractivity contribution in [3.8, 4) is 0 Å². The molecule has 24 heavy (non-hydrogen) atoms. The van der Waals surface area contributed by atoms with Crippen LogP contribution < -0.4 is 5.32 Å². The molecule has 1 aromatic rings. The summed E-state index contributed by atoms with van der Waals surface area (Å²) in [5, 5.41) is 11.6. The van der Waals surface area contributed by atoms with E-state index in [9.17, 15) is 14.4 Å². The van der Waals surface area contributed by atoms with E-state index in [1.54, 1.807) is 0 Å². The number of nitrogens with zero attached hydrogens (tertiary/aromatic N) is 1. The maximum absolute atomic E-state index is 12.3. The number of carboxylic acid groups (broad SMARTS) is 1. The highest BCUT2D eigenvalue weighted by Crippen LogP contribution is 2.18. The fraction of sp³-hybridized carbons (Fsp3) is 0.588. The van der Waals surface area contributed by atoms with E-state index in [0.717, 1.165) is 12.8 Å². The fourth-order valence-electron chi connectivity index (χ4n) is 2.97. The van der Waals surface area contributed by atoms with Crippen molar-refractivity contribution in [2.24, 2.45) is 5.92 Å². The first-order valence-corrected chi connectivity index (χ1v) is 8.39. The van der Waals surface area contributed by atoms with Gasteiger partial charge in [0.05, 0.1) is 0 Å². The molecule has 1 saturated heterocycles. The summed E-state index contributed by atoms with van der Waals surface area (Å²) in [6, 6.07) is 2.57. The Morgan fingerprint density at radius 3 is 2.29 bits per heavy atom. The van der Waals surface area contributed by atoms with Crippen LogP contribution in [-0.4, -0.2) is 46.9 Å². The minimum Gasteiger partial charge on any atom is -0.475 e. The molecule has 2 amide bonds. The van der Waals surface area contributed by atoms with Gasteiger partial charge in [0.25, 0.3) is 5.91 Å². The first-order chi connectivity index (χ1) is 11.5. The Kier molecular flexibility index (Phi) is 6.00. The van der Waals surface area contributed by atoms with Crippen molar-refractivity contribution in [3.05, 3.63) is 23.7 Å². The number of carboxylic acids is 1. The summed E-state index contributed by atoms with van der Waals surface area (Å²) >= 11 is 0. The van der Waals surface area contributed by atoms with Gasteiger partial charge in [-0.05, 0) is 37.8 Å². The van der Waals surface area contributed by atoms with Crippen LogP contribution in [0.2, 0.25) is 0 Å². The number of aromatic carboxylic acids is 1. The third kappa shape index (κ3) is 4.15. The van der Waals surface area contributed by atoms with Crippen LogP contribution in [0.15, 0.2) is 16.5 Å². The van der Waals surface area contributed by atoms with E-state index < -0.39 is 11.9 Å². The maximum atomic E-state index is 12.3. The molecule has 1 aliphatic rings. The number of nitrogens with one attached hydrogen (secondary N) is 1. The van der Waals surface area contributed by atoms with Gasteiger partial charge in [0.1, 0.15) is 0 Å². The van der Waals surface area contributed by atoms with Crippen LogP contribution in [0.25, 0.3) is 0 Å². The third-order valence-corrected chi connectivity index (χ3v) is 4.52. The normalized spacial score (nSPS) is 15.5. The number of carbonyl (C=O) groups is 3. The topological polar surface area (TPSA) is 99.9 Å². The summed E-state index contributed by atoms with van der Waals surface area (Å²) in [5.41, 5.74) is 0. The number of hydrogen-bond acceptors (Lipinski definition) is 4.